The monoisotopic (exact) mass is 301 g/mol. The summed E-state index contributed by atoms with van der Waals surface area (Å²) in [4.78, 5) is 24.6. The van der Waals surface area contributed by atoms with Crippen LogP contribution in [0, 0.1) is 0 Å². The summed E-state index contributed by atoms with van der Waals surface area (Å²) in [5.74, 6) is 0.201. The minimum Gasteiger partial charge on any atom is -0.390 e. The van der Waals surface area contributed by atoms with Gasteiger partial charge in [-0.2, -0.15) is 0 Å². The first-order valence-corrected chi connectivity index (χ1v) is 7.38. The Morgan fingerprint density at radius 2 is 2.18 bits per heavy atom. The zero-order valence-electron chi connectivity index (χ0n) is 12.4. The normalized spacial score (nSPS) is 24.9. The van der Waals surface area contributed by atoms with Crippen LogP contribution in [0.2, 0.25) is 0 Å². The molecule has 2 aromatic heterocycles. The van der Waals surface area contributed by atoms with Crippen LogP contribution in [-0.2, 0) is 0 Å². The van der Waals surface area contributed by atoms with Crippen molar-refractivity contribution in [3.05, 3.63) is 36.7 Å². The van der Waals surface area contributed by atoms with Gasteiger partial charge in [0.2, 0.25) is 5.95 Å². The topological polar surface area (TPSA) is 92.9 Å². The summed E-state index contributed by atoms with van der Waals surface area (Å²) in [6.07, 6.45) is 9.44. The van der Waals surface area contributed by atoms with E-state index in [1.54, 1.807) is 35.6 Å². The number of imidazole rings is 1. The van der Waals surface area contributed by atoms with Crippen molar-refractivity contribution in [2.75, 3.05) is 0 Å². The zero-order chi connectivity index (χ0) is 15.6. The van der Waals surface area contributed by atoms with Crippen LogP contribution in [0.15, 0.2) is 31.0 Å². The van der Waals surface area contributed by atoms with Crippen LogP contribution in [0.25, 0.3) is 5.95 Å². The smallest absolute Gasteiger partial charge is 0.270 e. The van der Waals surface area contributed by atoms with Crippen molar-refractivity contribution in [3.8, 4) is 5.95 Å². The minimum absolute atomic E-state index is 0.0828. The molecular formula is C15H19N5O2. The summed E-state index contributed by atoms with van der Waals surface area (Å²) < 4.78 is 1.65. The second-order valence-electron chi connectivity index (χ2n) is 5.96. The summed E-state index contributed by atoms with van der Waals surface area (Å²) in [6, 6.07) is 1.67. The van der Waals surface area contributed by atoms with Crippen LogP contribution in [0.4, 0.5) is 0 Å². The number of hydrogen-bond donors (Lipinski definition) is 2. The van der Waals surface area contributed by atoms with Gasteiger partial charge in [0.1, 0.15) is 12.0 Å². The van der Waals surface area contributed by atoms with Gasteiger partial charge in [0.05, 0.1) is 5.60 Å². The molecule has 1 aliphatic rings. The Balaban J connectivity index is 1.67. The average Bonchev–Trinajstić information content (AvgIpc) is 3.04. The van der Waals surface area contributed by atoms with Gasteiger partial charge in [-0.05, 0) is 38.7 Å². The average molecular weight is 301 g/mol. The summed E-state index contributed by atoms with van der Waals surface area (Å²) in [5, 5.41) is 12.9. The van der Waals surface area contributed by atoms with E-state index in [1.807, 2.05) is 6.92 Å². The summed E-state index contributed by atoms with van der Waals surface area (Å²) >= 11 is 0. The summed E-state index contributed by atoms with van der Waals surface area (Å²) in [6.45, 7) is 1.84. The molecule has 1 aliphatic carbocycles. The molecule has 2 heterocycles. The van der Waals surface area contributed by atoms with Crippen LogP contribution >= 0.6 is 0 Å². The molecule has 1 fully saturated rings. The van der Waals surface area contributed by atoms with Gasteiger partial charge >= 0.3 is 0 Å². The Morgan fingerprint density at radius 1 is 1.41 bits per heavy atom. The fourth-order valence-electron chi connectivity index (χ4n) is 2.62. The highest BCUT2D eigenvalue weighted by molar-refractivity contribution is 5.92. The first kappa shape index (κ1) is 14.6. The van der Waals surface area contributed by atoms with Gasteiger partial charge in [-0.25, -0.2) is 15.0 Å². The van der Waals surface area contributed by atoms with Crippen molar-refractivity contribution < 1.29 is 9.90 Å². The number of aromatic nitrogens is 4. The highest BCUT2D eigenvalue weighted by atomic mass is 16.3. The van der Waals surface area contributed by atoms with Gasteiger partial charge in [-0.15, -0.1) is 0 Å². The van der Waals surface area contributed by atoms with Gasteiger partial charge < -0.3 is 10.4 Å². The number of nitrogens with one attached hydrogen (secondary N) is 1. The quantitative estimate of drug-likeness (QED) is 0.885. The fourth-order valence-corrected chi connectivity index (χ4v) is 2.62. The largest absolute Gasteiger partial charge is 0.390 e. The lowest BCUT2D eigenvalue weighted by Gasteiger charge is -2.33. The van der Waals surface area contributed by atoms with E-state index in [0.29, 0.717) is 24.5 Å². The lowest BCUT2D eigenvalue weighted by Crippen LogP contribution is -2.42. The molecule has 0 bridgehead atoms. The highest BCUT2D eigenvalue weighted by Gasteiger charge is 2.29. The number of rotatable bonds is 3. The van der Waals surface area contributed by atoms with Crippen LogP contribution in [0.3, 0.4) is 0 Å². The third-order valence-electron chi connectivity index (χ3n) is 4.01. The van der Waals surface area contributed by atoms with Crippen molar-refractivity contribution in [1.29, 1.82) is 0 Å². The lowest BCUT2D eigenvalue weighted by atomic mass is 9.83. The highest BCUT2D eigenvalue weighted by Crippen LogP contribution is 2.27. The van der Waals surface area contributed by atoms with Crippen molar-refractivity contribution in [1.82, 2.24) is 24.8 Å². The van der Waals surface area contributed by atoms with Crippen LogP contribution in [0.5, 0.6) is 0 Å². The second kappa shape index (κ2) is 5.84. The maximum absolute atomic E-state index is 12.3. The lowest BCUT2D eigenvalue weighted by molar-refractivity contribution is 0.0140. The zero-order valence-corrected chi connectivity index (χ0v) is 12.4. The molecule has 0 aromatic carbocycles. The number of carbonyl (C=O) groups excluding carboxylic acids is 1. The molecule has 0 spiro atoms. The molecule has 7 heteroatoms. The Labute approximate surface area is 128 Å². The molecular weight excluding hydrogens is 282 g/mol. The Morgan fingerprint density at radius 3 is 2.86 bits per heavy atom. The van der Waals surface area contributed by atoms with Gasteiger partial charge in [0.25, 0.3) is 5.91 Å². The first-order valence-electron chi connectivity index (χ1n) is 7.38. The van der Waals surface area contributed by atoms with E-state index in [2.05, 4.69) is 20.3 Å². The van der Waals surface area contributed by atoms with Crippen LogP contribution in [-0.4, -0.2) is 42.2 Å². The molecule has 116 valence electrons. The third-order valence-corrected chi connectivity index (χ3v) is 4.01. The molecule has 3 rings (SSSR count). The van der Waals surface area contributed by atoms with Gasteiger partial charge in [-0.3, -0.25) is 9.36 Å². The number of hydrogen-bond acceptors (Lipinski definition) is 5. The van der Waals surface area contributed by atoms with Gasteiger partial charge in [0, 0.05) is 24.6 Å². The molecule has 1 saturated carbocycles. The molecule has 1 amide bonds. The molecule has 2 aromatic rings. The van der Waals surface area contributed by atoms with Gasteiger partial charge in [0.15, 0.2) is 0 Å². The van der Waals surface area contributed by atoms with Crippen molar-refractivity contribution >= 4 is 5.91 Å². The minimum atomic E-state index is -0.606. The standard InChI is InChI=1S/C15H19N5O2/c1-15(22)5-2-11(3-6-15)18-13(21)12-4-7-17-14(19-12)20-9-8-16-10-20/h4,7-11,22H,2-3,5-6H2,1H3,(H,18,21)/t11-,15+. The van der Waals surface area contributed by atoms with Gasteiger partial charge in [-0.1, -0.05) is 0 Å². The molecule has 0 radical (unpaired) electrons. The third kappa shape index (κ3) is 3.30. The fraction of sp³-hybridized carbons (Fsp3) is 0.467. The van der Waals surface area contributed by atoms with E-state index in [0.717, 1.165) is 12.8 Å². The van der Waals surface area contributed by atoms with E-state index < -0.39 is 5.60 Å². The SMILES string of the molecule is C[C@]1(O)CC[C@@H](NC(=O)c2ccnc(-n3ccnc3)n2)CC1. The molecule has 22 heavy (non-hydrogen) atoms. The molecule has 2 N–H and O–H groups in total. The predicted octanol–water partition coefficient (Wildman–Crippen LogP) is 1.09. The number of carbonyl (C=O) groups is 1. The predicted molar refractivity (Wildman–Crippen MR) is 79.5 cm³/mol. The Hall–Kier alpha value is -2.28. The molecule has 0 unspecified atom stereocenters. The second-order valence-corrected chi connectivity index (χ2v) is 5.96. The van der Waals surface area contributed by atoms with E-state index in [1.165, 1.54) is 0 Å². The number of aliphatic hydroxyl groups is 1. The molecule has 0 saturated heterocycles. The molecule has 7 nitrogen and oxygen atoms in total. The van der Waals surface area contributed by atoms with Crippen LogP contribution < -0.4 is 5.32 Å². The van der Waals surface area contributed by atoms with Crippen molar-refractivity contribution in [2.45, 2.75) is 44.2 Å². The summed E-state index contributed by atoms with van der Waals surface area (Å²) in [5.41, 5.74) is -0.277. The van der Waals surface area contributed by atoms with E-state index in [-0.39, 0.29) is 11.9 Å². The van der Waals surface area contributed by atoms with E-state index >= 15 is 0 Å². The Bertz CT molecular complexity index is 644. The molecule has 0 aliphatic heterocycles. The number of amides is 1. The van der Waals surface area contributed by atoms with Crippen molar-refractivity contribution in [2.24, 2.45) is 0 Å². The van der Waals surface area contributed by atoms with E-state index in [9.17, 15) is 9.90 Å². The molecule has 0 atom stereocenters. The maximum Gasteiger partial charge on any atom is 0.270 e. The first-order chi connectivity index (χ1) is 10.5. The number of nitrogens with zero attached hydrogens (tertiary/aromatic N) is 4. The maximum atomic E-state index is 12.3. The Kier molecular flexibility index (Phi) is 3.89. The van der Waals surface area contributed by atoms with Crippen molar-refractivity contribution in [3.63, 3.8) is 0 Å². The van der Waals surface area contributed by atoms with E-state index in [4.69, 9.17) is 0 Å². The summed E-state index contributed by atoms with van der Waals surface area (Å²) in [7, 11) is 0. The van der Waals surface area contributed by atoms with Crippen LogP contribution in [0.1, 0.15) is 43.1 Å².